The molecule has 0 heterocycles. The van der Waals surface area contributed by atoms with Gasteiger partial charge in [-0.3, -0.25) is 0 Å². The molecule has 0 spiro atoms. The van der Waals surface area contributed by atoms with E-state index >= 15 is 0 Å². The van der Waals surface area contributed by atoms with E-state index in [2.05, 4.69) is 37.4 Å². The van der Waals surface area contributed by atoms with Crippen LogP contribution in [-0.4, -0.2) is 24.3 Å². The highest BCUT2D eigenvalue weighted by Gasteiger charge is 2.28. The van der Waals surface area contributed by atoms with Gasteiger partial charge in [-0.15, -0.1) is 0 Å². The molecule has 1 aliphatic rings. The van der Waals surface area contributed by atoms with E-state index < -0.39 is 0 Å². The van der Waals surface area contributed by atoms with Gasteiger partial charge in [0.1, 0.15) is 0 Å². The van der Waals surface area contributed by atoms with Crippen LogP contribution in [0.2, 0.25) is 0 Å². The lowest BCUT2D eigenvalue weighted by atomic mass is 9.96. The Kier molecular flexibility index (Phi) is 4.97. The molecule has 19 heavy (non-hydrogen) atoms. The number of hydrogen-bond donors (Lipinski definition) is 3. The maximum absolute atomic E-state index is 9.41. The molecule has 0 amide bonds. The van der Waals surface area contributed by atoms with Gasteiger partial charge < -0.3 is 16.2 Å². The fourth-order valence-corrected chi connectivity index (χ4v) is 3.23. The van der Waals surface area contributed by atoms with Crippen LogP contribution in [0.5, 0.6) is 0 Å². The van der Waals surface area contributed by atoms with Gasteiger partial charge in [0.15, 0.2) is 0 Å². The Labute approximate surface area is 116 Å². The lowest BCUT2D eigenvalue weighted by Crippen LogP contribution is -2.40. The van der Waals surface area contributed by atoms with Crippen LogP contribution in [0, 0.1) is 19.8 Å². The van der Waals surface area contributed by atoms with Crippen molar-refractivity contribution in [3.05, 3.63) is 34.9 Å². The zero-order chi connectivity index (χ0) is 13.8. The summed E-state index contributed by atoms with van der Waals surface area (Å²) in [5.41, 5.74) is 9.82. The van der Waals surface area contributed by atoms with Crippen molar-refractivity contribution >= 4 is 0 Å². The zero-order valence-electron chi connectivity index (χ0n) is 12.0. The molecule has 1 aromatic rings. The van der Waals surface area contributed by atoms with E-state index in [9.17, 15) is 5.11 Å². The highest BCUT2D eigenvalue weighted by atomic mass is 16.3. The van der Waals surface area contributed by atoms with E-state index in [0.717, 1.165) is 12.8 Å². The van der Waals surface area contributed by atoms with Crippen LogP contribution < -0.4 is 11.1 Å². The average molecular weight is 262 g/mol. The summed E-state index contributed by atoms with van der Waals surface area (Å²) in [7, 11) is 0. The van der Waals surface area contributed by atoms with Gasteiger partial charge in [0, 0.05) is 25.2 Å². The van der Waals surface area contributed by atoms with E-state index in [-0.39, 0.29) is 12.6 Å². The molecule has 3 atom stereocenters. The van der Waals surface area contributed by atoms with E-state index in [1.54, 1.807) is 0 Å². The third-order valence-corrected chi connectivity index (χ3v) is 4.35. The minimum Gasteiger partial charge on any atom is -0.396 e. The second-order valence-electron chi connectivity index (χ2n) is 5.80. The largest absolute Gasteiger partial charge is 0.396 e. The van der Waals surface area contributed by atoms with Crippen molar-refractivity contribution in [2.45, 2.75) is 45.2 Å². The van der Waals surface area contributed by atoms with Crippen molar-refractivity contribution in [2.24, 2.45) is 11.7 Å². The smallest absolute Gasteiger partial charge is 0.0474 e. The molecule has 1 aliphatic carbocycles. The number of nitrogens with one attached hydrogen (secondary N) is 1. The molecule has 3 unspecified atom stereocenters. The Hall–Kier alpha value is -0.900. The molecule has 4 N–H and O–H groups in total. The summed E-state index contributed by atoms with van der Waals surface area (Å²) >= 11 is 0. The van der Waals surface area contributed by atoms with Gasteiger partial charge in [0.05, 0.1) is 0 Å². The normalized spacial score (nSPS) is 24.6. The fourth-order valence-electron chi connectivity index (χ4n) is 3.23. The van der Waals surface area contributed by atoms with Crippen LogP contribution in [0.1, 0.15) is 42.0 Å². The van der Waals surface area contributed by atoms with Gasteiger partial charge in [-0.1, -0.05) is 30.2 Å². The summed E-state index contributed by atoms with van der Waals surface area (Å²) in [5.74, 6) is 0.389. The zero-order valence-corrected chi connectivity index (χ0v) is 12.0. The van der Waals surface area contributed by atoms with Gasteiger partial charge in [0.25, 0.3) is 0 Å². The molecule has 0 aromatic heterocycles. The van der Waals surface area contributed by atoms with Crippen LogP contribution in [0.3, 0.4) is 0 Å². The van der Waals surface area contributed by atoms with Gasteiger partial charge in [-0.25, -0.2) is 0 Å². The molecule has 2 rings (SSSR count). The van der Waals surface area contributed by atoms with Crippen LogP contribution in [-0.2, 0) is 0 Å². The van der Waals surface area contributed by atoms with Crippen LogP contribution in [0.25, 0.3) is 0 Å². The third kappa shape index (κ3) is 3.35. The summed E-state index contributed by atoms with van der Waals surface area (Å²) < 4.78 is 0. The molecular weight excluding hydrogens is 236 g/mol. The predicted octanol–water partition coefficient (Wildman–Crippen LogP) is 2.05. The molecule has 0 aliphatic heterocycles. The predicted molar refractivity (Wildman–Crippen MR) is 79.1 cm³/mol. The monoisotopic (exact) mass is 262 g/mol. The lowest BCUT2D eigenvalue weighted by molar-refractivity contribution is 0.199. The molecule has 3 heteroatoms. The first-order valence-corrected chi connectivity index (χ1v) is 7.29. The number of nitrogens with two attached hydrogens (primary N) is 1. The van der Waals surface area contributed by atoms with Crippen molar-refractivity contribution in [1.29, 1.82) is 0 Å². The number of aliphatic hydroxyl groups excluding tert-OH is 1. The number of aryl methyl sites for hydroxylation is 2. The highest BCUT2D eigenvalue weighted by molar-refractivity contribution is 5.33. The Morgan fingerprint density at radius 1 is 1.37 bits per heavy atom. The second-order valence-corrected chi connectivity index (χ2v) is 5.80. The molecule has 1 fully saturated rings. The molecule has 0 radical (unpaired) electrons. The molecule has 0 saturated heterocycles. The van der Waals surface area contributed by atoms with Gasteiger partial charge in [-0.05, 0) is 43.7 Å². The number of hydrogen-bond acceptors (Lipinski definition) is 3. The van der Waals surface area contributed by atoms with Gasteiger partial charge >= 0.3 is 0 Å². The lowest BCUT2D eigenvalue weighted by Gasteiger charge is -2.27. The first-order valence-electron chi connectivity index (χ1n) is 7.29. The molecular formula is C16H26N2O. The third-order valence-electron chi connectivity index (χ3n) is 4.35. The van der Waals surface area contributed by atoms with Crippen molar-refractivity contribution in [1.82, 2.24) is 5.32 Å². The first-order chi connectivity index (χ1) is 9.15. The van der Waals surface area contributed by atoms with Crippen molar-refractivity contribution in [3.8, 4) is 0 Å². The van der Waals surface area contributed by atoms with Crippen molar-refractivity contribution in [2.75, 3.05) is 13.2 Å². The minimum atomic E-state index is 0.192. The Morgan fingerprint density at radius 2 is 2.16 bits per heavy atom. The van der Waals surface area contributed by atoms with E-state index in [1.807, 2.05) is 0 Å². The van der Waals surface area contributed by atoms with Crippen LogP contribution in [0.15, 0.2) is 18.2 Å². The van der Waals surface area contributed by atoms with Crippen LogP contribution >= 0.6 is 0 Å². The molecule has 1 saturated carbocycles. The summed E-state index contributed by atoms with van der Waals surface area (Å²) in [6.45, 7) is 5.13. The standard InChI is InChI=1S/C16H26N2O/c1-11-6-7-14(12(2)8-11)16(9-17)18-15-5-3-4-13(15)10-19/h6-8,13,15-16,18-19H,3-5,9-10,17H2,1-2H3. The Balaban J connectivity index is 2.11. The molecule has 0 bridgehead atoms. The number of aliphatic hydroxyl groups is 1. The maximum Gasteiger partial charge on any atom is 0.0474 e. The maximum atomic E-state index is 9.41. The van der Waals surface area contributed by atoms with E-state index in [4.69, 9.17) is 5.73 Å². The summed E-state index contributed by atoms with van der Waals surface area (Å²) in [6.07, 6.45) is 3.47. The number of benzene rings is 1. The van der Waals surface area contributed by atoms with Crippen LogP contribution in [0.4, 0.5) is 0 Å². The first kappa shape index (κ1) is 14.5. The quantitative estimate of drug-likeness (QED) is 0.761. The summed E-state index contributed by atoms with van der Waals surface area (Å²) in [4.78, 5) is 0. The van der Waals surface area contributed by atoms with Crippen molar-refractivity contribution < 1.29 is 5.11 Å². The molecule has 3 nitrogen and oxygen atoms in total. The van der Waals surface area contributed by atoms with Gasteiger partial charge in [-0.2, -0.15) is 0 Å². The molecule has 1 aromatic carbocycles. The SMILES string of the molecule is Cc1ccc(C(CN)NC2CCCC2CO)c(C)c1. The van der Waals surface area contributed by atoms with E-state index in [1.165, 1.54) is 23.1 Å². The van der Waals surface area contributed by atoms with Gasteiger partial charge in [0.2, 0.25) is 0 Å². The summed E-state index contributed by atoms with van der Waals surface area (Å²) in [5, 5.41) is 13.1. The topological polar surface area (TPSA) is 58.3 Å². The highest BCUT2D eigenvalue weighted by Crippen LogP contribution is 2.28. The van der Waals surface area contributed by atoms with Crippen molar-refractivity contribution in [3.63, 3.8) is 0 Å². The minimum absolute atomic E-state index is 0.192. The fraction of sp³-hybridized carbons (Fsp3) is 0.625. The molecule has 106 valence electrons. The second kappa shape index (κ2) is 6.51. The Morgan fingerprint density at radius 3 is 2.79 bits per heavy atom. The number of rotatable bonds is 5. The average Bonchev–Trinajstić information content (AvgIpc) is 2.84. The Bertz CT molecular complexity index is 419. The summed E-state index contributed by atoms with van der Waals surface area (Å²) in [6, 6.07) is 7.12. The van der Waals surface area contributed by atoms with E-state index in [0.29, 0.717) is 18.5 Å².